The first-order chi connectivity index (χ1) is 11.2. The Labute approximate surface area is 139 Å². The maximum atomic E-state index is 12.4. The molecule has 0 radical (unpaired) electrons. The molecule has 0 atom stereocenters. The predicted octanol–water partition coefficient (Wildman–Crippen LogP) is 4.36. The second kappa shape index (κ2) is 7.46. The molecule has 0 amide bonds. The van der Waals surface area contributed by atoms with Crippen LogP contribution in [-0.2, 0) is 16.5 Å². The van der Waals surface area contributed by atoms with Crippen LogP contribution in [0.4, 0.5) is 13.2 Å². The van der Waals surface area contributed by atoms with Crippen molar-refractivity contribution in [3.63, 3.8) is 0 Å². The maximum Gasteiger partial charge on any atom is 0.534 e. The molecule has 1 aromatic rings. The maximum absolute atomic E-state index is 12.4. The van der Waals surface area contributed by atoms with Crippen molar-refractivity contribution in [2.75, 3.05) is 6.61 Å². The first-order valence-corrected chi connectivity index (χ1v) is 9.02. The summed E-state index contributed by atoms with van der Waals surface area (Å²) in [5.41, 5.74) is -3.58. The third-order valence-corrected chi connectivity index (χ3v) is 4.65. The molecule has 24 heavy (non-hydrogen) atoms. The lowest BCUT2D eigenvalue weighted by Gasteiger charge is -2.14. The second-order valence-corrected chi connectivity index (χ2v) is 7.19. The minimum Gasteiger partial charge on any atom is -0.493 e. The Morgan fingerprint density at radius 1 is 1.17 bits per heavy atom. The SMILES string of the molecule is C/C1=C\CCCCc2cc(OS(=O)(=O)C(F)(F)F)ccc2OCC1. The highest BCUT2D eigenvalue weighted by Crippen LogP contribution is 2.31. The fourth-order valence-corrected chi connectivity index (χ4v) is 2.80. The lowest BCUT2D eigenvalue weighted by molar-refractivity contribution is -0.0500. The molecular formula is C16H19F3O4S. The van der Waals surface area contributed by atoms with E-state index in [0.29, 0.717) is 24.3 Å². The van der Waals surface area contributed by atoms with Gasteiger partial charge >= 0.3 is 15.6 Å². The minimum absolute atomic E-state index is 0.362. The summed E-state index contributed by atoms with van der Waals surface area (Å²) >= 11 is 0. The van der Waals surface area contributed by atoms with Gasteiger partial charge in [-0.1, -0.05) is 11.6 Å². The van der Waals surface area contributed by atoms with E-state index < -0.39 is 15.6 Å². The lowest BCUT2D eigenvalue weighted by atomic mass is 10.1. The van der Waals surface area contributed by atoms with E-state index in [0.717, 1.165) is 25.7 Å². The zero-order valence-corrected chi connectivity index (χ0v) is 14.0. The quantitative estimate of drug-likeness (QED) is 0.445. The Balaban J connectivity index is 2.21. The summed E-state index contributed by atoms with van der Waals surface area (Å²) in [7, 11) is -5.67. The Bertz CT molecular complexity index is 709. The normalized spacial score (nSPS) is 19.2. The molecular weight excluding hydrogens is 345 g/mol. The van der Waals surface area contributed by atoms with Crippen LogP contribution in [0.2, 0.25) is 0 Å². The van der Waals surface area contributed by atoms with Gasteiger partial charge in [0.15, 0.2) is 0 Å². The second-order valence-electron chi connectivity index (χ2n) is 5.65. The average molecular weight is 364 g/mol. The zero-order chi connectivity index (χ0) is 17.8. The first-order valence-electron chi connectivity index (χ1n) is 7.61. The topological polar surface area (TPSA) is 52.6 Å². The van der Waals surface area contributed by atoms with Crippen molar-refractivity contribution >= 4 is 10.1 Å². The van der Waals surface area contributed by atoms with E-state index in [1.54, 1.807) is 0 Å². The number of aryl methyl sites for hydroxylation is 1. The summed E-state index contributed by atoms with van der Waals surface area (Å²) in [6.45, 7) is 2.48. The Morgan fingerprint density at radius 2 is 1.92 bits per heavy atom. The fourth-order valence-electron chi connectivity index (χ4n) is 2.35. The van der Waals surface area contributed by atoms with Crippen LogP contribution in [0.25, 0.3) is 0 Å². The summed E-state index contributed by atoms with van der Waals surface area (Å²) in [6.07, 6.45) is 6.17. The highest BCUT2D eigenvalue weighted by Gasteiger charge is 2.48. The van der Waals surface area contributed by atoms with Crippen molar-refractivity contribution in [2.24, 2.45) is 0 Å². The third-order valence-electron chi connectivity index (χ3n) is 3.67. The van der Waals surface area contributed by atoms with E-state index >= 15 is 0 Å². The number of fused-ring (bicyclic) bond motifs is 1. The molecule has 4 nitrogen and oxygen atoms in total. The molecule has 134 valence electrons. The van der Waals surface area contributed by atoms with Gasteiger partial charge in [-0.3, -0.25) is 0 Å². The zero-order valence-electron chi connectivity index (χ0n) is 13.2. The lowest BCUT2D eigenvalue weighted by Crippen LogP contribution is -2.28. The Hall–Kier alpha value is -1.70. The van der Waals surface area contributed by atoms with Gasteiger partial charge in [0.1, 0.15) is 11.5 Å². The van der Waals surface area contributed by atoms with Gasteiger partial charge in [0, 0.05) is 6.42 Å². The third kappa shape index (κ3) is 4.90. The van der Waals surface area contributed by atoms with Crippen LogP contribution < -0.4 is 8.92 Å². The van der Waals surface area contributed by atoms with Crippen molar-refractivity contribution in [1.82, 2.24) is 0 Å². The molecule has 0 fully saturated rings. The minimum atomic E-state index is -5.67. The number of halogens is 3. The van der Waals surface area contributed by atoms with Crippen molar-refractivity contribution in [3.05, 3.63) is 35.4 Å². The van der Waals surface area contributed by atoms with Crippen molar-refractivity contribution in [1.29, 1.82) is 0 Å². The van der Waals surface area contributed by atoms with E-state index in [2.05, 4.69) is 10.3 Å². The molecule has 0 unspecified atom stereocenters. The van der Waals surface area contributed by atoms with Crippen molar-refractivity contribution in [2.45, 2.75) is 44.5 Å². The number of benzene rings is 1. The van der Waals surface area contributed by atoms with Gasteiger partial charge in [0.05, 0.1) is 6.61 Å². The molecule has 0 bridgehead atoms. The predicted molar refractivity (Wildman–Crippen MR) is 83.5 cm³/mol. The highest BCUT2D eigenvalue weighted by molar-refractivity contribution is 7.88. The van der Waals surface area contributed by atoms with Crippen molar-refractivity contribution in [3.8, 4) is 11.5 Å². The number of allylic oxidation sites excluding steroid dienone is 1. The molecule has 0 saturated carbocycles. The van der Waals surface area contributed by atoms with Gasteiger partial charge in [-0.2, -0.15) is 21.6 Å². The monoisotopic (exact) mass is 364 g/mol. The molecule has 1 heterocycles. The van der Waals surface area contributed by atoms with Crippen LogP contribution in [0.3, 0.4) is 0 Å². The summed E-state index contributed by atoms with van der Waals surface area (Å²) in [5, 5.41) is 0. The van der Waals surface area contributed by atoms with Gasteiger partial charge in [-0.15, -0.1) is 0 Å². The van der Waals surface area contributed by atoms with Crippen LogP contribution in [-0.4, -0.2) is 20.5 Å². The largest absolute Gasteiger partial charge is 0.534 e. The van der Waals surface area contributed by atoms with Crippen LogP contribution in [0.5, 0.6) is 11.5 Å². The van der Waals surface area contributed by atoms with Gasteiger partial charge in [-0.05, 0) is 56.4 Å². The van der Waals surface area contributed by atoms with E-state index in [1.807, 2.05) is 6.92 Å². The fraction of sp³-hybridized carbons (Fsp3) is 0.500. The molecule has 0 spiro atoms. The van der Waals surface area contributed by atoms with E-state index in [9.17, 15) is 21.6 Å². The Morgan fingerprint density at radius 3 is 2.62 bits per heavy atom. The summed E-state index contributed by atoms with van der Waals surface area (Å²) in [4.78, 5) is 0. The number of hydrogen-bond donors (Lipinski definition) is 0. The number of ether oxygens (including phenoxy) is 1. The smallest absolute Gasteiger partial charge is 0.493 e. The summed E-state index contributed by atoms with van der Waals surface area (Å²) in [6, 6.07) is 3.93. The van der Waals surface area contributed by atoms with Gasteiger partial charge in [0.2, 0.25) is 0 Å². The Kier molecular flexibility index (Phi) is 5.79. The van der Waals surface area contributed by atoms with Crippen LogP contribution in [0.1, 0.15) is 38.2 Å². The summed E-state index contributed by atoms with van der Waals surface area (Å²) < 4.78 is 69.3. The van der Waals surface area contributed by atoms with E-state index in [-0.39, 0.29) is 5.75 Å². The van der Waals surface area contributed by atoms with E-state index in [4.69, 9.17) is 4.74 Å². The summed E-state index contributed by atoms with van der Waals surface area (Å²) in [5.74, 6) is 0.181. The molecule has 1 aliphatic heterocycles. The molecule has 0 saturated heterocycles. The number of rotatable bonds is 2. The first kappa shape index (κ1) is 18.6. The molecule has 0 aromatic heterocycles. The van der Waals surface area contributed by atoms with Gasteiger partial charge in [0.25, 0.3) is 0 Å². The van der Waals surface area contributed by atoms with Crippen LogP contribution in [0.15, 0.2) is 29.8 Å². The van der Waals surface area contributed by atoms with E-state index in [1.165, 1.54) is 23.8 Å². The molecule has 8 heteroatoms. The van der Waals surface area contributed by atoms with Crippen LogP contribution in [0, 0.1) is 0 Å². The van der Waals surface area contributed by atoms with Gasteiger partial charge < -0.3 is 8.92 Å². The van der Waals surface area contributed by atoms with Crippen molar-refractivity contribution < 1.29 is 30.5 Å². The van der Waals surface area contributed by atoms with Gasteiger partial charge in [-0.25, -0.2) is 0 Å². The number of hydrogen-bond acceptors (Lipinski definition) is 4. The molecule has 2 rings (SSSR count). The molecule has 0 N–H and O–H groups in total. The standard InChI is InChI=1S/C16H19F3O4S/c1-12-5-3-2-4-6-13-11-14(7-8-15(13)22-10-9-12)23-24(20,21)16(17,18)19/h5,7-8,11H,2-4,6,9-10H2,1H3/b12-5+. The average Bonchev–Trinajstić information content (AvgIpc) is 2.50. The molecule has 1 aromatic carbocycles. The molecule has 1 aliphatic rings. The molecule has 0 aliphatic carbocycles. The highest BCUT2D eigenvalue weighted by atomic mass is 32.2. The number of alkyl halides is 3. The van der Waals surface area contributed by atoms with Crippen LogP contribution >= 0.6 is 0 Å².